The maximum absolute atomic E-state index is 13.5. The Morgan fingerprint density at radius 3 is 2.63 bits per heavy atom. The molecule has 0 bridgehead atoms. The topological polar surface area (TPSA) is 102 Å². The Morgan fingerprint density at radius 2 is 1.89 bits per heavy atom. The Kier molecular flexibility index (Phi) is 7.31. The van der Waals surface area contributed by atoms with Gasteiger partial charge in [0.2, 0.25) is 0 Å². The molecule has 1 atom stereocenters. The number of benzene rings is 2. The number of aliphatic hydroxyl groups excluding tert-OH is 1. The number of pyridine rings is 1. The lowest BCUT2D eigenvalue weighted by molar-refractivity contribution is -0.132. The van der Waals surface area contributed by atoms with Crippen LogP contribution in [0.2, 0.25) is 5.02 Å². The van der Waals surface area contributed by atoms with Gasteiger partial charge in [-0.25, -0.2) is 4.98 Å². The molecule has 2 aromatic heterocycles. The summed E-state index contributed by atoms with van der Waals surface area (Å²) < 4.78 is 12.2. The molecule has 38 heavy (non-hydrogen) atoms. The molecule has 1 fully saturated rings. The molecule has 8 nitrogen and oxygen atoms in total. The number of aromatic nitrogens is 2. The highest BCUT2D eigenvalue weighted by Crippen LogP contribution is 2.46. The van der Waals surface area contributed by atoms with Gasteiger partial charge in [0.05, 0.1) is 35.5 Å². The van der Waals surface area contributed by atoms with E-state index in [2.05, 4.69) is 16.9 Å². The van der Waals surface area contributed by atoms with E-state index in [1.807, 2.05) is 0 Å². The Morgan fingerprint density at radius 1 is 1.11 bits per heavy atom. The van der Waals surface area contributed by atoms with Crippen molar-refractivity contribution in [3.8, 4) is 11.5 Å². The SMILES string of the molecule is CCCCOc1ccc(C2/C(=C(\O)c3ccncc3)C(=O)C(=O)N2c2nc3ccc(Cl)cc3s2)cc1OC. The molecule has 4 aromatic rings. The van der Waals surface area contributed by atoms with E-state index in [1.54, 1.807) is 48.5 Å². The Hall–Kier alpha value is -3.95. The van der Waals surface area contributed by atoms with Gasteiger partial charge in [-0.15, -0.1) is 0 Å². The van der Waals surface area contributed by atoms with Gasteiger partial charge < -0.3 is 14.6 Å². The van der Waals surface area contributed by atoms with Crippen LogP contribution in [0.5, 0.6) is 11.5 Å². The van der Waals surface area contributed by atoms with Crippen LogP contribution in [0, 0.1) is 0 Å². The largest absolute Gasteiger partial charge is 0.507 e. The third kappa shape index (κ3) is 4.70. The van der Waals surface area contributed by atoms with Crippen molar-refractivity contribution < 1.29 is 24.2 Å². The minimum atomic E-state index is -0.960. The number of methoxy groups -OCH3 is 1. The molecule has 0 saturated carbocycles. The van der Waals surface area contributed by atoms with E-state index in [0.29, 0.717) is 44.9 Å². The highest BCUT2D eigenvalue weighted by atomic mass is 35.5. The summed E-state index contributed by atoms with van der Waals surface area (Å²) in [6, 6.07) is 12.6. The van der Waals surface area contributed by atoms with Crippen molar-refractivity contribution in [3.05, 3.63) is 82.6 Å². The third-order valence-electron chi connectivity index (χ3n) is 6.20. The van der Waals surface area contributed by atoms with Crippen molar-refractivity contribution in [1.82, 2.24) is 9.97 Å². The second-order valence-electron chi connectivity index (χ2n) is 8.63. The van der Waals surface area contributed by atoms with Crippen molar-refractivity contribution in [2.45, 2.75) is 25.8 Å². The van der Waals surface area contributed by atoms with Gasteiger partial charge in [-0.2, -0.15) is 0 Å². The Balaban J connectivity index is 1.68. The molecule has 10 heteroatoms. The summed E-state index contributed by atoms with van der Waals surface area (Å²) in [5.41, 5.74) is 1.50. The second kappa shape index (κ2) is 10.8. The number of ether oxygens (including phenoxy) is 2. The van der Waals surface area contributed by atoms with E-state index < -0.39 is 17.7 Å². The molecule has 1 aliphatic heterocycles. The van der Waals surface area contributed by atoms with E-state index in [0.717, 1.165) is 17.5 Å². The van der Waals surface area contributed by atoms with Crippen LogP contribution in [0.3, 0.4) is 0 Å². The van der Waals surface area contributed by atoms with Crippen molar-refractivity contribution in [2.75, 3.05) is 18.6 Å². The summed E-state index contributed by atoms with van der Waals surface area (Å²) in [5, 5.41) is 12.1. The lowest BCUT2D eigenvalue weighted by Crippen LogP contribution is -2.29. The van der Waals surface area contributed by atoms with Crippen LogP contribution >= 0.6 is 22.9 Å². The van der Waals surface area contributed by atoms with E-state index in [-0.39, 0.29) is 11.3 Å². The highest BCUT2D eigenvalue weighted by Gasteiger charge is 2.48. The molecule has 0 spiro atoms. The fraction of sp³-hybridized carbons (Fsp3) is 0.214. The summed E-state index contributed by atoms with van der Waals surface area (Å²) in [7, 11) is 1.52. The van der Waals surface area contributed by atoms with E-state index in [1.165, 1.54) is 35.7 Å². The number of nitrogens with zero attached hydrogens (tertiary/aromatic N) is 3. The monoisotopic (exact) mass is 549 g/mol. The molecule has 5 rings (SSSR count). The smallest absolute Gasteiger partial charge is 0.301 e. The zero-order chi connectivity index (χ0) is 26.8. The molecule has 1 unspecified atom stereocenters. The second-order valence-corrected chi connectivity index (χ2v) is 10.1. The van der Waals surface area contributed by atoms with Crippen LogP contribution < -0.4 is 14.4 Å². The van der Waals surface area contributed by atoms with E-state index in [9.17, 15) is 14.7 Å². The first-order valence-corrected chi connectivity index (χ1v) is 13.2. The number of Topliss-reactive ketones (excluding diaryl/α,β-unsaturated/α-hetero) is 1. The van der Waals surface area contributed by atoms with Gasteiger partial charge in [0, 0.05) is 23.0 Å². The summed E-state index contributed by atoms with van der Waals surface area (Å²) in [6.07, 6.45) is 4.88. The molecular weight excluding hydrogens is 526 g/mol. The van der Waals surface area contributed by atoms with Crippen molar-refractivity contribution in [3.63, 3.8) is 0 Å². The predicted molar refractivity (Wildman–Crippen MR) is 147 cm³/mol. The minimum absolute atomic E-state index is 0.0554. The van der Waals surface area contributed by atoms with Crippen molar-refractivity contribution in [2.24, 2.45) is 0 Å². The maximum atomic E-state index is 13.5. The molecule has 3 heterocycles. The van der Waals surface area contributed by atoms with Crippen LogP contribution in [0.15, 0.2) is 66.5 Å². The standard InChI is InChI=1S/C28H24ClN3O5S/c1-3-4-13-37-20-8-5-17(14-21(20)36-2)24-23(25(33)16-9-11-30-12-10-16)26(34)27(35)32(24)28-31-19-7-6-18(29)15-22(19)38-28/h5-12,14-15,24,33H,3-4,13H2,1-2H3/b25-23+. The van der Waals surface area contributed by atoms with Gasteiger partial charge in [0.15, 0.2) is 16.6 Å². The molecule has 1 amide bonds. The fourth-order valence-electron chi connectivity index (χ4n) is 4.30. The maximum Gasteiger partial charge on any atom is 0.301 e. The minimum Gasteiger partial charge on any atom is -0.507 e. The number of anilines is 1. The summed E-state index contributed by atoms with van der Waals surface area (Å²) >= 11 is 7.40. The number of hydrogen-bond donors (Lipinski definition) is 1. The van der Waals surface area contributed by atoms with Gasteiger partial charge >= 0.3 is 5.91 Å². The third-order valence-corrected chi connectivity index (χ3v) is 7.45. The molecule has 0 aliphatic carbocycles. The predicted octanol–water partition coefficient (Wildman–Crippen LogP) is 6.16. The van der Waals surface area contributed by atoms with Gasteiger partial charge in [0.25, 0.3) is 5.78 Å². The summed E-state index contributed by atoms with van der Waals surface area (Å²) in [5.74, 6) is -0.916. The highest BCUT2D eigenvalue weighted by molar-refractivity contribution is 7.22. The number of carbonyl (C=O) groups is 2. The van der Waals surface area contributed by atoms with Crippen LogP contribution in [-0.4, -0.2) is 40.5 Å². The summed E-state index contributed by atoms with van der Waals surface area (Å²) in [4.78, 5) is 36.8. The molecule has 1 aliphatic rings. The molecular formula is C28H24ClN3O5S. The number of ketones is 1. The number of thiazole rings is 1. The van der Waals surface area contributed by atoms with Gasteiger partial charge in [-0.05, 0) is 54.4 Å². The van der Waals surface area contributed by atoms with Crippen LogP contribution in [0.1, 0.15) is 36.9 Å². The number of fused-ring (bicyclic) bond motifs is 1. The van der Waals surface area contributed by atoms with E-state index >= 15 is 0 Å². The Bertz CT molecular complexity index is 1550. The average Bonchev–Trinajstić information content (AvgIpc) is 3.46. The first kappa shape index (κ1) is 25.7. The number of rotatable bonds is 8. The van der Waals surface area contributed by atoms with Crippen molar-refractivity contribution in [1.29, 1.82) is 0 Å². The molecule has 0 radical (unpaired) electrons. The lowest BCUT2D eigenvalue weighted by atomic mass is 9.95. The zero-order valence-electron chi connectivity index (χ0n) is 20.7. The zero-order valence-corrected chi connectivity index (χ0v) is 22.3. The number of halogens is 1. The lowest BCUT2D eigenvalue weighted by Gasteiger charge is -2.24. The van der Waals surface area contributed by atoms with Gasteiger partial charge in [0.1, 0.15) is 5.76 Å². The molecule has 194 valence electrons. The number of unbranched alkanes of at least 4 members (excludes halogenated alkanes) is 1. The molecule has 1 saturated heterocycles. The van der Waals surface area contributed by atoms with Crippen molar-refractivity contribution >= 4 is 55.7 Å². The summed E-state index contributed by atoms with van der Waals surface area (Å²) in [6.45, 7) is 2.60. The first-order valence-electron chi connectivity index (χ1n) is 12.0. The normalized spacial score (nSPS) is 16.8. The Labute approximate surface area is 228 Å². The first-order chi connectivity index (χ1) is 18.4. The number of aliphatic hydroxyl groups is 1. The molecule has 2 aromatic carbocycles. The molecule has 1 N–H and O–H groups in total. The number of hydrogen-bond acceptors (Lipinski definition) is 8. The average molecular weight is 550 g/mol. The number of amides is 1. The fourth-order valence-corrected chi connectivity index (χ4v) is 5.57. The van der Waals surface area contributed by atoms with E-state index in [4.69, 9.17) is 21.1 Å². The van der Waals surface area contributed by atoms with Crippen LogP contribution in [0.4, 0.5) is 5.13 Å². The van der Waals surface area contributed by atoms with Gasteiger partial charge in [-0.3, -0.25) is 19.5 Å². The van der Waals surface area contributed by atoms with Gasteiger partial charge in [-0.1, -0.05) is 42.3 Å². The van der Waals surface area contributed by atoms with Crippen LogP contribution in [-0.2, 0) is 9.59 Å². The van der Waals surface area contributed by atoms with Crippen LogP contribution in [0.25, 0.3) is 16.0 Å². The quantitative estimate of drug-likeness (QED) is 0.121. The number of carbonyl (C=O) groups excluding carboxylic acids is 2.